The van der Waals surface area contributed by atoms with Crippen LogP contribution in [0.25, 0.3) is 0 Å². The number of allylic oxidation sites excluding steroid dienone is 1. The second-order valence-electron chi connectivity index (χ2n) is 7.15. The van der Waals surface area contributed by atoms with Crippen LogP contribution in [0.2, 0.25) is 0 Å². The van der Waals surface area contributed by atoms with Crippen molar-refractivity contribution in [1.29, 1.82) is 0 Å². The Kier molecular flexibility index (Phi) is 3.68. The molecule has 0 unspecified atom stereocenters. The first-order chi connectivity index (χ1) is 12.5. The number of hydrogen-bond acceptors (Lipinski definition) is 5. The van der Waals surface area contributed by atoms with Gasteiger partial charge in [-0.1, -0.05) is 30.3 Å². The highest BCUT2D eigenvalue weighted by Crippen LogP contribution is 2.58. The number of carbonyl (C=O) groups is 3. The van der Waals surface area contributed by atoms with Crippen LogP contribution in [0.5, 0.6) is 0 Å². The summed E-state index contributed by atoms with van der Waals surface area (Å²) < 4.78 is 10.6. The SMILES string of the molecule is COC(=O)[C@]12CCCN3C(=O)C[C@](c4ccccc4)(C(=O)C=C1OC)[C@@H]32. The van der Waals surface area contributed by atoms with Gasteiger partial charge in [-0.2, -0.15) is 0 Å². The van der Waals surface area contributed by atoms with Crippen molar-refractivity contribution in [3.05, 3.63) is 47.7 Å². The Morgan fingerprint density at radius 2 is 1.92 bits per heavy atom. The van der Waals surface area contributed by atoms with Gasteiger partial charge in [-0.05, 0) is 18.4 Å². The van der Waals surface area contributed by atoms with Gasteiger partial charge in [0.15, 0.2) is 5.78 Å². The van der Waals surface area contributed by atoms with Crippen molar-refractivity contribution in [2.45, 2.75) is 30.7 Å². The number of ketones is 1. The fourth-order valence-electron chi connectivity index (χ4n) is 5.18. The lowest BCUT2D eigenvalue weighted by Gasteiger charge is -2.52. The van der Waals surface area contributed by atoms with Gasteiger partial charge in [-0.15, -0.1) is 0 Å². The highest BCUT2D eigenvalue weighted by molar-refractivity contribution is 6.09. The fraction of sp³-hybridized carbons (Fsp3) is 0.450. The molecule has 1 amide bonds. The minimum absolute atomic E-state index is 0.0623. The second-order valence-corrected chi connectivity index (χ2v) is 7.15. The van der Waals surface area contributed by atoms with E-state index in [4.69, 9.17) is 9.47 Å². The van der Waals surface area contributed by atoms with Gasteiger partial charge in [0.05, 0.1) is 25.7 Å². The molecule has 6 nitrogen and oxygen atoms in total. The van der Waals surface area contributed by atoms with Crippen LogP contribution in [0.3, 0.4) is 0 Å². The summed E-state index contributed by atoms with van der Waals surface area (Å²) in [5, 5.41) is 0. The van der Waals surface area contributed by atoms with E-state index in [-0.39, 0.29) is 18.1 Å². The van der Waals surface area contributed by atoms with Crippen molar-refractivity contribution in [2.24, 2.45) is 5.41 Å². The van der Waals surface area contributed by atoms with Crippen molar-refractivity contribution in [3.63, 3.8) is 0 Å². The zero-order valence-corrected chi connectivity index (χ0v) is 14.9. The van der Waals surface area contributed by atoms with E-state index in [1.54, 1.807) is 4.90 Å². The summed E-state index contributed by atoms with van der Waals surface area (Å²) in [5.74, 6) is -0.457. The number of amides is 1. The molecule has 3 aliphatic rings. The second kappa shape index (κ2) is 5.69. The predicted molar refractivity (Wildman–Crippen MR) is 92.0 cm³/mol. The molecule has 26 heavy (non-hydrogen) atoms. The highest BCUT2D eigenvalue weighted by atomic mass is 16.5. The number of hydrogen-bond donors (Lipinski definition) is 0. The van der Waals surface area contributed by atoms with Gasteiger partial charge in [-0.25, -0.2) is 0 Å². The number of benzene rings is 1. The Balaban J connectivity index is 2.04. The largest absolute Gasteiger partial charge is 0.500 e. The summed E-state index contributed by atoms with van der Waals surface area (Å²) in [5.41, 5.74) is -1.49. The van der Waals surface area contributed by atoms with E-state index in [1.807, 2.05) is 30.3 Å². The maximum absolute atomic E-state index is 13.3. The molecule has 0 spiro atoms. The van der Waals surface area contributed by atoms with Crippen LogP contribution in [-0.2, 0) is 29.3 Å². The molecule has 0 bridgehead atoms. The molecule has 0 saturated carbocycles. The molecule has 2 fully saturated rings. The Morgan fingerprint density at radius 3 is 2.58 bits per heavy atom. The van der Waals surface area contributed by atoms with Gasteiger partial charge in [-0.3, -0.25) is 14.4 Å². The summed E-state index contributed by atoms with van der Waals surface area (Å²) in [6.45, 7) is 0.529. The third-order valence-electron chi connectivity index (χ3n) is 6.17. The van der Waals surface area contributed by atoms with E-state index in [1.165, 1.54) is 20.3 Å². The monoisotopic (exact) mass is 355 g/mol. The third-order valence-corrected chi connectivity index (χ3v) is 6.17. The number of methoxy groups -OCH3 is 2. The maximum atomic E-state index is 13.3. The molecular formula is C20H21NO5. The average Bonchev–Trinajstić information content (AvgIpc) is 3.00. The van der Waals surface area contributed by atoms with E-state index in [2.05, 4.69) is 0 Å². The summed E-state index contributed by atoms with van der Waals surface area (Å²) in [6.07, 6.45) is 2.60. The first kappa shape index (κ1) is 16.8. The number of rotatable bonds is 3. The van der Waals surface area contributed by atoms with Gasteiger partial charge in [0.25, 0.3) is 0 Å². The van der Waals surface area contributed by atoms with Crippen LogP contribution < -0.4 is 0 Å². The van der Waals surface area contributed by atoms with Crippen molar-refractivity contribution in [2.75, 3.05) is 20.8 Å². The average molecular weight is 355 g/mol. The van der Waals surface area contributed by atoms with Crippen LogP contribution in [-0.4, -0.2) is 49.4 Å². The molecule has 6 heteroatoms. The molecular weight excluding hydrogens is 334 g/mol. The summed E-state index contributed by atoms with van der Waals surface area (Å²) in [4.78, 5) is 40.9. The van der Waals surface area contributed by atoms with Gasteiger partial charge in [0.1, 0.15) is 11.2 Å². The van der Waals surface area contributed by atoms with Crippen LogP contribution >= 0.6 is 0 Å². The lowest BCUT2D eigenvalue weighted by Crippen LogP contribution is -2.65. The Bertz CT molecular complexity index is 817. The minimum Gasteiger partial charge on any atom is -0.500 e. The van der Waals surface area contributed by atoms with Crippen LogP contribution in [0.1, 0.15) is 24.8 Å². The fourth-order valence-corrected chi connectivity index (χ4v) is 5.18. The van der Waals surface area contributed by atoms with E-state index in [0.29, 0.717) is 25.1 Å². The first-order valence-electron chi connectivity index (χ1n) is 8.76. The number of carbonyl (C=O) groups excluding carboxylic acids is 3. The van der Waals surface area contributed by atoms with Crippen LogP contribution in [0.15, 0.2) is 42.2 Å². The topological polar surface area (TPSA) is 72.9 Å². The molecule has 2 heterocycles. The van der Waals surface area contributed by atoms with Crippen LogP contribution in [0, 0.1) is 5.41 Å². The number of piperidine rings is 1. The van der Waals surface area contributed by atoms with Crippen molar-refractivity contribution < 1.29 is 23.9 Å². The Morgan fingerprint density at radius 1 is 1.19 bits per heavy atom. The summed E-state index contributed by atoms with van der Waals surface area (Å²) >= 11 is 0. The molecule has 4 rings (SSSR count). The lowest BCUT2D eigenvalue weighted by atomic mass is 9.55. The predicted octanol–water partition coefficient (Wildman–Crippen LogP) is 1.59. The van der Waals surface area contributed by atoms with Crippen molar-refractivity contribution in [1.82, 2.24) is 4.90 Å². The molecule has 0 N–H and O–H groups in total. The van der Waals surface area contributed by atoms with E-state index < -0.39 is 22.8 Å². The summed E-state index contributed by atoms with van der Waals surface area (Å²) in [6, 6.07) is 8.66. The number of ether oxygens (including phenoxy) is 2. The zero-order chi connectivity index (χ0) is 18.5. The van der Waals surface area contributed by atoms with E-state index in [9.17, 15) is 14.4 Å². The molecule has 136 valence electrons. The summed E-state index contributed by atoms with van der Waals surface area (Å²) in [7, 11) is 2.79. The third kappa shape index (κ3) is 1.84. The molecule has 0 aromatic heterocycles. The molecule has 0 radical (unpaired) electrons. The lowest BCUT2D eigenvalue weighted by molar-refractivity contribution is -0.164. The van der Waals surface area contributed by atoms with Gasteiger partial charge in [0.2, 0.25) is 5.91 Å². The standard InChI is InChI=1S/C20H21NO5/c1-25-15-11-14(22)20(13-7-4-3-5-8-13)12-16(23)21-10-6-9-19(15,17(20)21)18(24)26-2/h3-5,7-8,11,17H,6,9-10,12H2,1-2H3/t17-,19+,20-/m0/s1. The van der Waals surface area contributed by atoms with Crippen molar-refractivity contribution >= 4 is 17.7 Å². The molecule has 2 aliphatic heterocycles. The first-order valence-corrected chi connectivity index (χ1v) is 8.76. The quantitative estimate of drug-likeness (QED) is 0.770. The molecule has 3 atom stereocenters. The maximum Gasteiger partial charge on any atom is 0.321 e. The molecule has 1 aliphatic carbocycles. The highest BCUT2D eigenvalue weighted by Gasteiger charge is 2.71. The number of nitrogens with zero attached hydrogens (tertiary/aromatic N) is 1. The van der Waals surface area contributed by atoms with Crippen molar-refractivity contribution in [3.8, 4) is 0 Å². The minimum atomic E-state index is -1.16. The molecule has 1 aromatic carbocycles. The zero-order valence-electron chi connectivity index (χ0n) is 14.9. The van der Waals surface area contributed by atoms with Gasteiger partial charge >= 0.3 is 5.97 Å². The Labute approximate surface area is 151 Å². The molecule has 2 saturated heterocycles. The Hall–Kier alpha value is -2.63. The number of esters is 1. The smallest absolute Gasteiger partial charge is 0.321 e. The van der Waals surface area contributed by atoms with E-state index in [0.717, 1.165) is 5.56 Å². The normalized spacial score (nSPS) is 32.8. The molecule has 1 aromatic rings. The van der Waals surface area contributed by atoms with Crippen LogP contribution in [0.4, 0.5) is 0 Å². The van der Waals surface area contributed by atoms with E-state index >= 15 is 0 Å². The van der Waals surface area contributed by atoms with Gasteiger partial charge in [0, 0.05) is 19.0 Å². The van der Waals surface area contributed by atoms with Gasteiger partial charge < -0.3 is 14.4 Å².